The van der Waals surface area contributed by atoms with Gasteiger partial charge in [-0.25, -0.2) is 0 Å². The zero-order valence-electron chi connectivity index (χ0n) is 23.8. The van der Waals surface area contributed by atoms with Gasteiger partial charge < -0.3 is 18.9 Å². The molecule has 0 spiro atoms. The van der Waals surface area contributed by atoms with Gasteiger partial charge in [0.25, 0.3) is 0 Å². The van der Waals surface area contributed by atoms with E-state index in [9.17, 15) is 0 Å². The molecule has 5 nitrogen and oxygen atoms in total. The molecule has 0 aliphatic carbocycles. The van der Waals surface area contributed by atoms with Crippen LogP contribution in [0.25, 0.3) is 0 Å². The molecular formula is C36H39NO4. The van der Waals surface area contributed by atoms with Crippen molar-refractivity contribution in [3.05, 3.63) is 125 Å². The Bertz CT molecular complexity index is 1370. The first-order chi connectivity index (χ1) is 20.3. The highest BCUT2D eigenvalue weighted by molar-refractivity contribution is 5.51. The molecule has 1 saturated heterocycles. The maximum absolute atomic E-state index is 6.53. The second-order valence-corrected chi connectivity index (χ2v) is 10.9. The van der Waals surface area contributed by atoms with Gasteiger partial charge in [-0.05, 0) is 41.3 Å². The van der Waals surface area contributed by atoms with Crippen molar-refractivity contribution in [3.63, 3.8) is 0 Å². The lowest BCUT2D eigenvalue weighted by Gasteiger charge is -2.35. The molecule has 41 heavy (non-hydrogen) atoms. The smallest absolute Gasteiger partial charge is 0.152 e. The van der Waals surface area contributed by atoms with E-state index in [1.165, 1.54) is 16.7 Å². The Morgan fingerprint density at radius 2 is 1.51 bits per heavy atom. The Morgan fingerprint density at radius 3 is 2.24 bits per heavy atom. The molecule has 6 rings (SSSR count). The SMILES string of the molecule is CCCC(Oc1ccc(C2c3ccc(OCc4ccccc4)cc3OCC2c2ccccc2)cc1)N1CCOCC1. The number of hydrogen-bond acceptors (Lipinski definition) is 5. The highest BCUT2D eigenvalue weighted by atomic mass is 16.5. The van der Waals surface area contributed by atoms with Gasteiger partial charge in [0.05, 0.1) is 19.8 Å². The van der Waals surface area contributed by atoms with Crippen LogP contribution < -0.4 is 14.2 Å². The van der Waals surface area contributed by atoms with Gasteiger partial charge in [-0.15, -0.1) is 0 Å². The average molecular weight is 550 g/mol. The standard InChI is InChI=1S/C36H39NO4/c1-2-9-35(37-20-22-38-23-21-37)41-30-16-14-29(15-17-30)36-32-19-18-31(39-25-27-10-5-3-6-11-27)24-34(32)40-26-33(36)28-12-7-4-8-13-28/h3-8,10-19,24,33,35-36H,2,9,20-23,25-26H2,1H3. The molecule has 0 saturated carbocycles. The molecule has 0 aromatic heterocycles. The molecule has 2 aliphatic heterocycles. The van der Waals surface area contributed by atoms with Crippen LogP contribution in [0.3, 0.4) is 0 Å². The van der Waals surface area contributed by atoms with Gasteiger partial charge in [-0.2, -0.15) is 0 Å². The lowest BCUT2D eigenvalue weighted by atomic mass is 9.76. The molecule has 2 heterocycles. The van der Waals surface area contributed by atoms with E-state index in [-0.39, 0.29) is 18.1 Å². The number of morpholine rings is 1. The maximum Gasteiger partial charge on any atom is 0.152 e. The third kappa shape index (κ3) is 6.58. The molecule has 1 fully saturated rings. The fraction of sp³-hybridized carbons (Fsp3) is 0.333. The van der Waals surface area contributed by atoms with Crippen LogP contribution in [0.15, 0.2) is 103 Å². The highest BCUT2D eigenvalue weighted by Gasteiger charge is 2.34. The molecule has 5 heteroatoms. The van der Waals surface area contributed by atoms with Crippen LogP contribution in [0.2, 0.25) is 0 Å². The first-order valence-electron chi connectivity index (χ1n) is 14.9. The van der Waals surface area contributed by atoms with E-state index in [4.69, 9.17) is 18.9 Å². The van der Waals surface area contributed by atoms with Crippen molar-refractivity contribution in [3.8, 4) is 17.2 Å². The summed E-state index contributed by atoms with van der Waals surface area (Å²) in [7, 11) is 0. The molecule has 0 amide bonds. The molecular weight excluding hydrogens is 510 g/mol. The van der Waals surface area contributed by atoms with Crippen molar-refractivity contribution in [1.29, 1.82) is 0 Å². The topological polar surface area (TPSA) is 40.2 Å². The van der Waals surface area contributed by atoms with Crippen molar-refractivity contribution >= 4 is 0 Å². The molecule has 0 N–H and O–H groups in total. The molecule has 4 aromatic carbocycles. The van der Waals surface area contributed by atoms with E-state index in [2.05, 4.69) is 90.7 Å². The summed E-state index contributed by atoms with van der Waals surface area (Å²) in [6.45, 7) is 6.72. The second-order valence-electron chi connectivity index (χ2n) is 10.9. The largest absolute Gasteiger partial charge is 0.492 e. The first kappa shape index (κ1) is 27.4. The zero-order valence-corrected chi connectivity index (χ0v) is 23.8. The minimum Gasteiger partial charge on any atom is -0.492 e. The van der Waals surface area contributed by atoms with Crippen LogP contribution >= 0.6 is 0 Å². The van der Waals surface area contributed by atoms with Gasteiger partial charge in [-0.3, -0.25) is 4.90 Å². The summed E-state index contributed by atoms with van der Waals surface area (Å²) in [6.07, 6.45) is 2.15. The minimum atomic E-state index is 0.0740. The third-order valence-electron chi connectivity index (χ3n) is 8.12. The van der Waals surface area contributed by atoms with Gasteiger partial charge in [0.1, 0.15) is 23.9 Å². The average Bonchev–Trinajstić information content (AvgIpc) is 3.04. The van der Waals surface area contributed by atoms with Crippen molar-refractivity contribution in [2.75, 3.05) is 32.9 Å². The fourth-order valence-electron chi connectivity index (χ4n) is 5.96. The molecule has 0 radical (unpaired) electrons. The Balaban J connectivity index is 1.25. The Morgan fingerprint density at radius 1 is 0.805 bits per heavy atom. The molecule has 3 unspecified atom stereocenters. The Kier molecular flexibility index (Phi) is 8.84. The zero-order chi connectivity index (χ0) is 27.9. The molecule has 2 aliphatic rings. The van der Waals surface area contributed by atoms with Crippen LogP contribution in [0.5, 0.6) is 17.2 Å². The van der Waals surface area contributed by atoms with Crippen molar-refractivity contribution in [2.45, 2.75) is 44.4 Å². The Labute approximate surface area is 243 Å². The number of fused-ring (bicyclic) bond motifs is 1. The van der Waals surface area contributed by atoms with E-state index in [1.54, 1.807) is 0 Å². The number of nitrogens with zero attached hydrogens (tertiary/aromatic N) is 1. The van der Waals surface area contributed by atoms with Crippen LogP contribution in [-0.2, 0) is 11.3 Å². The van der Waals surface area contributed by atoms with Crippen molar-refractivity contribution in [2.24, 2.45) is 0 Å². The number of hydrogen-bond donors (Lipinski definition) is 0. The summed E-state index contributed by atoms with van der Waals surface area (Å²) in [5, 5.41) is 0. The Hall–Kier alpha value is -3.80. The van der Waals surface area contributed by atoms with Gasteiger partial charge in [-0.1, -0.05) is 92.2 Å². The third-order valence-corrected chi connectivity index (χ3v) is 8.12. The summed E-state index contributed by atoms with van der Waals surface area (Å²) >= 11 is 0. The highest BCUT2D eigenvalue weighted by Crippen LogP contribution is 2.47. The summed E-state index contributed by atoms with van der Waals surface area (Å²) in [6, 6.07) is 36.0. The fourth-order valence-corrected chi connectivity index (χ4v) is 5.96. The number of rotatable bonds is 10. The van der Waals surface area contributed by atoms with Crippen molar-refractivity contribution < 1.29 is 18.9 Å². The van der Waals surface area contributed by atoms with E-state index in [0.717, 1.165) is 62.0 Å². The lowest BCUT2D eigenvalue weighted by molar-refractivity contribution is -0.0490. The lowest BCUT2D eigenvalue weighted by Crippen LogP contribution is -2.46. The number of benzene rings is 4. The monoisotopic (exact) mass is 549 g/mol. The molecule has 0 bridgehead atoms. The predicted molar refractivity (Wildman–Crippen MR) is 162 cm³/mol. The summed E-state index contributed by atoms with van der Waals surface area (Å²) in [5.41, 5.74) is 4.86. The van der Waals surface area contributed by atoms with Crippen LogP contribution in [0, 0.1) is 0 Å². The predicted octanol–water partition coefficient (Wildman–Crippen LogP) is 7.41. The van der Waals surface area contributed by atoms with Gasteiger partial charge in [0, 0.05) is 36.6 Å². The minimum absolute atomic E-state index is 0.0740. The normalized spacial score (nSPS) is 19.5. The molecule has 4 aromatic rings. The van der Waals surface area contributed by atoms with Crippen LogP contribution in [-0.4, -0.2) is 44.0 Å². The van der Waals surface area contributed by atoms with Crippen LogP contribution in [0.1, 0.15) is 53.9 Å². The summed E-state index contributed by atoms with van der Waals surface area (Å²) in [4.78, 5) is 2.40. The van der Waals surface area contributed by atoms with E-state index in [0.29, 0.717) is 13.2 Å². The van der Waals surface area contributed by atoms with Crippen LogP contribution in [0.4, 0.5) is 0 Å². The first-order valence-corrected chi connectivity index (χ1v) is 14.9. The van der Waals surface area contributed by atoms with E-state index >= 15 is 0 Å². The summed E-state index contributed by atoms with van der Waals surface area (Å²) in [5.74, 6) is 2.98. The summed E-state index contributed by atoms with van der Waals surface area (Å²) < 4.78 is 24.6. The van der Waals surface area contributed by atoms with Gasteiger partial charge in [0.15, 0.2) is 6.23 Å². The van der Waals surface area contributed by atoms with Gasteiger partial charge in [0.2, 0.25) is 0 Å². The second kappa shape index (κ2) is 13.2. The number of ether oxygens (including phenoxy) is 4. The quantitative estimate of drug-likeness (QED) is 0.206. The van der Waals surface area contributed by atoms with Crippen molar-refractivity contribution in [1.82, 2.24) is 4.90 Å². The maximum atomic E-state index is 6.53. The van der Waals surface area contributed by atoms with Gasteiger partial charge >= 0.3 is 0 Å². The van der Waals surface area contributed by atoms with E-state index in [1.807, 2.05) is 24.3 Å². The molecule has 3 atom stereocenters. The molecule has 212 valence electrons. The van der Waals surface area contributed by atoms with E-state index < -0.39 is 0 Å².